The molecule has 5 aromatic rings. The average Bonchev–Trinajstić information content (AvgIpc) is 3.42. The van der Waals surface area contributed by atoms with Gasteiger partial charge in [0.25, 0.3) is 0 Å². The third kappa shape index (κ3) is 11.6. The van der Waals surface area contributed by atoms with E-state index in [9.17, 15) is 19.2 Å². The molecule has 0 fully saturated rings. The van der Waals surface area contributed by atoms with Crippen LogP contribution in [0, 0.1) is 6.07 Å². The first-order valence-electron chi connectivity index (χ1n) is 13.8. The second-order valence-electron chi connectivity index (χ2n) is 9.23. The number of ketones is 1. The third-order valence-corrected chi connectivity index (χ3v) is 6.81. The van der Waals surface area contributed by atoms with Crippen LogP contribution >= 0.6 is 15.9 Å². The van der Waals surface area contributed by atoms with Crippen molar-refractivity contribution in [3.05, 3.63) is 160 Å². The topological polar surface area (TPSA) is 125 Å². The molecule has 1 aliphatic rings. The van der Waals surface area contributed by atoms with E-state index in [1.807, 2.05) is 48.5 Å². The molecule has 0 unspecified atom stereocenters. The van der Waals surface area contributed by atoms with Gasteiger partial charge in [-0.25, -0.2) is 14.4 Å². The first kappa shape index (κ1) is 39.0. The van der Waals surface area contributed by atoms with Crippen LogP contribution in [0.25, 0.3) is 0 Å². The van der Waals surface area contributed by atoms with Crippen molar-refractivity contribution < 1.29 is 62.1 Å². The predicted molar refractivity (Wildman–Crippen MR) is 179 cm³/mol. The number of methoxy groups -OCH3 is 3. The van der Waals surface area contributed by atoms with Gasteiger partial charge in [-0.15, -0.1) is 12.1 Å². The number of hydrogen-bond donors (Lipinski definition) is 1. The summed E-state index contributed by atoms with van der Waals surface area (Å²) in [6, 6.07) is 37.2. The monoisotopic (exact) mass is 704 g/mol. The van der Waals surface area contributed by atoms with Crippen molar-refractivity contribution in [3.63, 3.8) is 0 Å². The quantitative estimate of drug-likeness (QED) is 0.0889. The van der Waals surface area contributed by atoms with Gasteiger partial charge in [-0.2, -0.15) is 18.2 Å². The van der Waals surface area contributed by atoms with Crippen LogP contribution in [-0.2, 0) is 4.74 Å². The van der Waals surface area contributed by atoms with E-state index >= 15 is 0 Å². The average molecular weight is 705 g/mol. The van der Waals surface area contributed by atoms with Crippen LogP contribution < -0.4 is 33.1 Å². The SMILES string of the molecule is COc1cc[c-]cc1.COc1ccc(Br)cc1.COc1ccc(C(=O)c2ccccc2C(=O)O)cc1.O=C1OC(=O)c2ccccc21.[Li+]. The Labute approximate surface area is 298 Å². The van der Waals surface area contributed by atoms with E-state index in [1.165, 1.54) is 19.2 Å². The van der Waals surface area contributed by atoms with Crippen molar-refractivity contribution in [1.29, 1.82) is 0 Å². The number of rotatable bonds is 6. The molecule has 0 spiro atoms. The summed E-state index contributed by atoms with van der Waals surface area (Å²) in [5, 5.41) is 9.07. The maximum Gasteiger partial charge on any atom is 1.00 e. The molecule has 9 nitrogen and oxygen atoms in total. The number of hydrogen-bond acceptors (Lipinski definition) is 8. The maximum absolute atomic E-state index is 12.3. The number of aromatic carboxylic acids is 1. The number of carboxylic acid groups (broad SMARTS) is 1. The van der Waals surface area contributed by atoms with Crippen LogP contribution in [-0.4, -0.2) is 50.1 Å². The van der Waals surface area contributed by atoms with Crippen LogP contribution in [0.2, 0.25) is 0 Å². The summed E-state index contributed by atoms with van der Waals surface area (Å²) in [4.78, 5) is 45.0. The molecule has 6 rings (SSSR count). The van der Waals surface area contributed by atoms with E-state index in [-0.39, 0.29) is 35.8 Å². The molecule has 0 aromatic heterocycles. The van der Waals surface area contributed by atoms with Gasteiger partial charge in [0, 0.05) is 21.3 Å². The van der Waals surface area contributed by atoms with Crippen molar-refractivity contribution in [2.45, 2.75) is 0 Å². The van der Waals surface area contributed by atoms with Crippen LogP contribution in [0.15, 0.2) is 126 Å². The van der Waals surface area contributed by atoms with Gasteiger partial charge in [0.05, 0.1) is 38.0 Å². The summed E-state index contributed by atoms with van der Waals surface area (Å²) in [7, 11) is 4.84. The van der Waals surface area contributed by atoms with E-state index in [4.69, 9.17) is 19.3 Å². The molecule has 0 saturated carbocycles. The zero-order chi connectivity index (χ0) is 34.2. The van der Waals surface area contributed by atoms with Gasteiger partial charge in [-0.3, -0.25) is 4.79 Å². The molecule has 1 aliphatic heterocycles. The molecule has 1 N–H and O–H groups in total. The number of carbonyl (C=O) groups is 4. The number of halogens is 1. The van der Waals surface area contributed by atoms with Gasteiger partial charge in [-0.05, 0) is 66.7 Å². The third-order valence-electron chi connectivity index (χ3n) is 6.28. The minimum Gasteiger partial charge on any atom is -0.522 e. The molecule has 0 radical (unpaired) electrons. The van der Waals surface area contributed by atoms with E-state index in [0.717, 1.165) is 16.0 Å². The number of fused-ring (bicyclic) bond motifs is 1. The Balaban J connectivity index is 0.000000236. The molecular weight excluding hydrogens is 675 g/mol. The number of cyclic esters (lactones) is 2. The minimum absolute atomic E-state index is 0. The van der Waals surface area contributed by atoms with Crippen molar-refractivity contribution in [2.75, 3.05) is 21.3 Å². The molecule has 1 heterocycles. The summed E-state index contributed by atoms with van der Waals surface area (Å²) in [6.07, 6.45) is 0. The van der Waals surface area contributed by atoms with Crippen molar-refractivity contribution >= 4 is 39.6 Å². The summed E-state index contributed by atoms with van der Waals surface area (Å²) in [6.45, 7) is 0. The fraction of sp³-hybridized carbons (Fsp3) is 0.0811. The summed E-state index contributed by atoms with van der Waals surface area (Å²) in [5.41, 5.74) is 1.33. The standard InChI is InChI=1S/C15H12O4.C8H4O3.C7H7BrO.C7H7O.Li/c1-19-11-8-6-10(7-9-11)14(16)12-4-2-3-5-13(12)15(17)18;9-7-5-3-1-2-4-6(5)8(10)11-7;1-9-7-4-2-6(8)3-5-7;1-8-7-5-3-2-4-6-7;/h2-9H,1H3,(H,17,18);1-4H;2-5H,1H3;3-6H,1H3;/q;;;-1;+1. The Morgan fingerprint density at radius 2 is 1.04 bits per heavy atom. The Kier molecular flexibility index (Phi) is 16.4. The number of carboxylic acids is 1. The van der Waals surface area contributed by atoms with E-state index < -0.39 is 17.9 Å². The molecule has 48 heavy (non-hydrogen) atoms. The molecule has 5 aromatic carbocycles. The molecule has 0 saturated heterocycles. The number of esters is 2. The molecule has 0 amide bonds. The molecule has 11 heteroatoms. The fourth-order valence-corrected chi connectivity index (χ4v) is 4.14. The molecule has 0 atom stereocenters. The van der Waals surface area contributed by atoms with Crippen molar-refractivity contribution in [2.24, 2.45) is 0 Å². The van der Waals surface area contributed by atoms with E-state index in [2.05, 4.69) is 26.7 Å². The second-order valence-corrected chi connectivity index (χ2v) is 10.1. The smallest absolute Gasteiger partial charge is 0.522 e. The van der Waals surface area contributed by atoms with Gasteiger partial charge >= 0.3 is 36.8 Å². The van der Waals surface area contributed by atoms with Gasteiger partial charge in [-0.1, -0.05) is 46.3 Å². The molecule has 0 aliphatic carbocycles. The maximum atomic E-state index is 12.3. The van der Waals surface area contributed by atoms with Crippen LogP contribution in [0.5, 0.6) is 17.2 Å². The number of carbonyl (C=O) groups excluding carboxylic acids is 3. The summed E-state index contributed by atoms with van der Waals surface area (Å²) >= 11 is 3.32. The molecule has 0 bridgehead atoms. The first-order chi connectivity index (χ1) is 22.7. The minimum atomic E-state index is -1.11. The Bertz CT molecular complexity index is 1760. The Morgan fingerprint density at radius 1 is 0.625 bits per heavy atom. The van der Waals surface area contributed by atoms with Crippen LogP contribution in [0.4, 0.5) is 0 Å². The van der Waals surface area contributed by atoms with Gasteiger partial charge in [0.15, 0.2) is 5.78 Å². The van der Waals surface area contributed by atoms with E-state index in [1.54, 1.807) is 74.9 Å². The molecule has 240 valence electrons. The normalized spacial score (nSPS) is 10.4. The zero-order valence-corrected chi connectivity index (χ0v) is 28.2. The largest absolute Gasteiger partial charge is 1.00 e. The van der Waals surface area contributed by atoms with Gasteiger partial charge < -0.3 is 24.1 Å². The first-order valence-corrected chi connectivity index (χ1v) is 14.6. The summed E-state index contributed by atoms with van der Waals surface area (Å²) in [5.74, 6) is -0.126. The van der Waals surface area contributed by atoms with Gasteiger partial charge in [0.1, 0.15) is 11.5 Å². The second kappa shape index (κ2) is 20.2. The van der Waals surface area contributed by atoms with Crippen LogP contribution in [0.1, 0.15) is 47.0 Å². The van der Waals surface area contributed by atoms with Crippen LogP contribution in [0.3, 0.4) is 0 Å². The predicted octanol–water partition coefficient (Wildman–Crippen LogP) is 4.58. The fourth-order valence-electron chi connectivity index (χ4n) is 3.88. The zero-order valence-electron chi connectivity index (χ0n) is 26.6. The number of ether oxygens (including phenoxy) is 4. The van der Waals surface area contributed by atoms with Crippen molar-refractivity contribution in [1.82, 2.24) is 0 Å². The van der Waals surface area contributed by atoms with Crippen molar-refractivity contribution in [3.8, 4) is 17.2 Å². The van der Waals surface area contributed by atoms with Gasteiger partial charge in [0.2, 0.25) is 0 Å². The van der Waals surface area contributed by atoms with E-state index in [0.29, 0.717) is 22.4 Å². The molecular formula is C37H30BrLiO9. The Hall–Kier alpha value is -5.14. The Morgan fingerprint density at radius 3 is 1.48 bits per heavy atom. The number of benzene rings is 5. The summed E-state index contributed by atoms with van der Waals surface area (Å²) < 4.78 is 20.3.